The summed E-state index contributed by atoms with van der Waals surface area (Å²) in [5.74, 6) is 0.563. The quantitative estimate of drug-likeness (QED) is 0.833. The molecule has 0 aromatic heterocycles. The average Bonchev–Trinajstić information content (AvgIpc) is 2.87. The summed E-state index contributed by atoms with van der Waals surface area (Å²) in [5.41, 5.74) is 9.26. The fraction of sp³-hybridized carbons (Fsp3) is 0.625. The zero-order valence-corrected chi connectivity index (χ0v) is 12.9. The molecule has 0 radical (unpaired) electrons. The number of rotatable bonds is 2. The van der Waals surface area contributed by atoms with E-state index in [0.717, 1.165) is 19.4 Å². The van der Waals surface area contributed by atoms with Crippen molar-refractivity contribution in [3.05, 3.63) is 29.3 Å². The zero-order chi connectivity index (χ0) is 14.5. The molecule has 1 saturated heterocycles. The van der Waals surface area contributed by atoms with Gasteiger partial charge in [-0.3, -0.25) is 0 Å². The fourth-order valence-electron chi connectivity index (χ4n) is 3.12. The fourth-order valence-corrected chi connectivity index (χ4v) is 3.12. The summed E-state index contributed by atoms with van der Waals surface area (Å²) in [6.45, 7) is 9.13. The highest BCUT2D eigenvalue weighted by molar-refractivity contribution is 6.62. The lowest BCUT2D eigenvalue weighted by Gasteiger charge is -2.32. The van der Waals surface area contributed by atoms with Crippen LogP contribution in [0.15, 0.2) is 18.2 Å². The van der Waals surface area contributed by atoms with Crippen molar-refractivity contribution in [1.29, 1.82) is 0 Å². The molecule has 3 nitrogen and oxygen atoms in total. The second-order valence-electron chi connectivity index (χ2n) is 7.08. The minimum atomic E-state index is -0.285. The van der Waals surface area contributed by atoms with E-state index in [9.17, 15) is 0 Å². The molecule has 1 fully saturated rings. The van der Waals surface area contributed by atoms with Crippen LogP contribution in [0.25, 0.3) is 0 Å². The van der Waals surface area contributed by atoms with E-state index in [1.54, 1.807) is 0 Å². The van der Waals surface area contributed by atoms with Gasteiger partial charge in [-0.15, -0.1) is 0 Å². The molecule has 108 valence electrons. The molecular formula is C16H24BNO2. The van der Waals surface area contributed by atoms with Crippen molar-refractivity contribution < 1.29 is 9.31 Å². The van der Waals surface area contributed by atoms with Gasteiger partial charge >= 0.3 is 7.12 Å². The third kappa shape index (κ3) is 2.10. The van der Waals surface area contributed by atoms with E-state index in [4.69, 9.17) is 15.0 Å². The molecule has 4 heteroatoms. The first-order valence-corrected chi connectivity index (χ1v) is 7.50. The van der Waals surface area contributed by atoms with Gasteiger partial charge < -0.3 is 15.0 Å². The summed E-state index contributed by atoms with van der Waals surface area (Å²) in [5, 5.41) is 0. The Morgan fingerprint density at radius 1 is 1.15 bits per heavy atom. The number of benzene rings is 1. The molecule has 1 unspecified atom stereocenters. The average molecular weight is 273 g/mol. The Morgan fingerprint density at radius 2 is 1.80 bits per heavy atom. The molecule has 0 bridgehead atoms. The molecule has 1 atom stereocenters. The van der Waals surface area contributed by atoms with Crippen molar-refractivity contribution in [2.45, 2.75) is 51.7 Å². The molecule has 3 rings (SSSR count). The van der Waals surface area contributed by atoms with Gasteiger partial charge in [0.05, 0.1) is 11.2 Å². The maximum Gasteiger partial charge on any atom is 0.495 e. The Balaban J connectivity index is 1.93. The number of hydrogen-bond acceptors (Lipinski definition) is 3. The van der Waals surface area contributed by atoms with E-state index in [1.807, 2.05) is 0 Å². The van der Waals surface area contributed by atoms with Crippen LogP contribution in [0.5, 0.6) is 0 Å². The van der Waals surface area contributed by atoms with E-state index in [1.165, 1.54) is 16.6 Å². The molecule has 0 saturated carbocycles. The number of hydrogen-bond donors (Lipinski definition) is 1. The summed E-state index contributed by atoms with van der Waals surface area (Å²) in [7, 11) is -0.258. The van der Waals surface area contributed by atoms with Gasteiger partial charge in [-0.2, -0.15) is 0 Å². The zero-order valence-electron chi connectivity index (χ0n) is 12.9. The van der Waals surface area contributed by atoms with Crippen molar-refractivity contribution >= 4 is 12.6 Å². The van der Waals surface area contributed by atoms with Crippen LogP contribution in [0.2, 0.25) is 0 Å². The van der Waals surface area contributed by atoms with Gasteiger partial charge in [0, 0.05) is 0 Å². The summed E-state index contributed by atoms with van der Waals surface area (Å²) in [6.07, 6.45) is 2.13. The van der Waals surface area contributed by atoms with Crippen molar-refractivity contribution in [3.8, 4) is 0 Å². The first-order valence-electron chi connectivity index (χ1n) is 7.50. The smallest absolute Gasteiger partial charge is 0.399 e. The highest BCUT2D eigenvalue weighted by Crippen LogP contribution is 2.37. The molecule has 0 amide bonds. The van der Waals surface area contributed by atoms with Crippen LogP contribution < -0.4 is 11.2 Å². The standard InChI is InChI=1S/C16H24BNO2/c1-15(2)16(3,4)20-17(19-15)14-7-5-6-12-8-11(10-18)9-13(12)14/h5-7,11H,8-10,18H2,1-4H3. The molecule has 1 aromatic carbocycles. The molecular weight excluding hydrogens is 249 g/mol. The van der Waals surface area contributed by atoms with E-state index in [0.29, 0.717) is 5.92 Å². The maximum absolute atomic E-state index is 6.19. The van der Waals surface area contributed by atoms with Crippen molar-refractivity contribution in [2.24, 2.45) is 11.7 Å². The third-order valence-electron chi connectivity index (χ3n) is 5.15. The highest BCUT2D eigenvalue weighted by Gasteiger charge is 2.52. The summed E-state index contributed by atoms with van der Waals surface area (Å²) in [6, 6.07) is 6.46. The van der Waals surface area contributed by atoms with Gasteiger partial charge in [0.2, 0.25) is 0 Å². The van der Waals surface area contributed by atoms with E-state index >= 15 is 0 Å². The van der Waals surface area contributed by atoms with Crippen LogP contribution in [-0.4, -0.2) is 24.9 Å². The Kier molecular flexibility index (Phi) is 3.24. The molecule has 2 N–H and O–H groups in total. The molecule has 1 aliphatic carbocycles. The molecule has 20 heavy (non-hydrogen) atoms. The van der Waals surface area contributed by atoms with E-state index in [-0.39, 0.29) is 18.3 Å². The van der Waals surface area contributed by atoms with Crippen LogP contribution in [0, 0.1) is 5.92 Å². The van der Waals surface area contributed by atoms with E-state index < -0.39 is 0 Å². The SMILES string of the molecule is CC1(C)OB(c2cccc3c2CC(CN)C3)OC1(C)C. The lowest BCUT2D eigenvalue weighted by atomic mass is 9.75. The molecule has 0 spiro atoms. The predicted octanol–water partition coefficient (Wildman–Crippen LogP) is 1.66. The van der Waals surface area contributed by atoms with Crippen LogP contribution >= 0.6 is 0 Å². The second-order valence-corrected chi connectivity index (χ2v) is 7.08. The summed E-state index contributed by atoms with van der Waals surface area (Å²) < 4.78 is 12.4. The minimum Gasteiger partial charge on any atom is -0.399 e. The summed E-state index contributed by atoms with van der Waals surface area (Å²) >= 11 is 0. The molecule has 1 heterocycles. The van der Waals surface area contributed by atoms with Gasteiger partial charge in [-0.1, -0.05) is 18.2 Å². The minimum absolute atomic E-state index is 0.258. The Labute approximate surface area is 122 Å². The normalized spacial score (nSPS) is 26.9. The Morgan fingerprint density at radius 3 is 2.40 bits per heavy atom. The lowest BCUT2D eigenvalue weighted by Crippen LogP contribution is -2.41. The van der Waals surface area contributed by atoms with Gasteiger partial charge in [-0.25, -0.2) is 0 Å². The molecule has 1 aromatic rings. The van der Waals surface area contributed by atoms with Crippen molar-refractivity contribution in [3.63, 3.8) is 0 Å². The highest BCUT2D eigenvalue weighted by atomic mass is 16.7. The Hall–Kier alpha value is -0.835. The lowest BCUT2D eigenvalue weighted by molar-refractivity contribution is 0.00578. The van der Waals surface area contributed by atoms with Crippen molar-refractivity contribution in [1.82, 2.24) is 0 Å². The second kappa shape index (κ2) is 4.59. The maximum atomic E-state index is 6.19. The van der Waals surface area contributed by atoms with Crippen LogP contribution in [0.3, 0.4) is 0 Å². The first kappa shape index (κ1) is 14.1. The van der Waals surface area contributed by atoms with Crippen molar-refractivity contribution in [2.75, 3.05) is 6.54 Å². The van der Waals surface area contributed by atoms with Gasteiger partial charge in [0.15, 0.2) is 0 Å². The largest absolute Gasteiger partial charge is 0.495 e. The third-order valence-corrected chi connectivity index (χ3v) is 5.15. The van der Waals surface area contributed by atoms with E-state index in [2.05, 4.69) is 45.9 Å². The topological polar surface area (TPSA) is 44.5 Å². The van der Waals surface area contributed by atoms with Crippen LogP contribution in [-0.2, 0) is 22.2 Å². The molecule has 1 aliphatic heterocycles. The van der Waals surface area contributed by atoms with Crippen LogP contribution in [0.4, 0.5) is 0 Å². The first-order chi connectivity index (χ1) is 9.34. The van der Waals surface area contributed by atoms with Gasteiger partial charge in [-0.05, 0) is 69.6 Å². The van der Waals surface area contributed by atoms with Crippen LogP contribution in [0.1, 0.15) is 38.8 Å². The predicted molar refractivity (Wildman–Crippen MR) is 82.1 cm³/mol. The Bertz CT molecular complexity index is 511. The summed E-state index contributed by atoms with van der Waals surface area (Å²) in [4.78, 5) is 0. The van der Waals surface area contributed by atoms with Gasteiger partial charge in [0.1, 0.15) is 0 Å². The monoisotopic (exact) mass is 273 g/mol. The number of fused-ring (bicyclic) bond motifs is 1. The van der Waals surface area contributed by atoms with Gasteiger partial charge in [0.25, 0.3) is 0 Å². The molecule has 2 aliphatic rings. The number of nitrogens with two attached hydrogens (primary N) is 1.